The minimum atomic E-state index is 0.0744. The molecule has 0 N–H and O–H groups in total. The van der Waals surface area contributed by atoms with Crippen LogP contribution in [-0.4, -0.2) is 31.0 Å². The molecule has 0 bridgehead atoms. The molecule has 22 heavy (non-hydrogen) atoms. The van der Waals surface area contributed by atoms with Gasteiger partial charge < -0.3 is 14.1 Å². The van der Waals surface area contributed by atoms with Crippen LogP contribution in [0, 0.1) is 13.8 Å². The van der Waals surface area contributed by atoms with E-state index in [4.69, 9.17) is 9.15 Å². The van der Waals surface area contributed by atoms with Gasteiger partial charge in [0, 0.05) is 19.0 Å². The normalized spacial score (nSPS) is 17.8. The fourth-order valence-electron chi connectivity index (χ4n) is 3.11. The second kappa shape index (κ2) is 5.87. The van der Waals surface area contributed by atoms with E-state index in [-0.39, 0.29) is 5.91 Å². The maximum Gasteiger partial charge on any atom is 0.257 e. The Morgan fingerprint density at radius 1 is 1.27 bits per heavy atom. The molecule has 1 aromatic carbocycles. The number of hydrogen-bond donors (Lipinski definition) is 0. The van der Waals surface area contributed by atoms with Gasteiger partial charge in [0.2, 0.25) is 0 Å². The summed E-state index contributed by atoms with van der Waals surface area (Å²) in [5.41, 5.74) is 1.95. The number of aryl methyl sites for hydroxylation is 2. The highest BCUT2D eigenvalue weighted by molar-refractivity contribution is 5.95. The van der Waals surface area contributed by atoms with Crippen molar-refractivity contribution in [3.8, 4) is 5.75 Å². The number of carbonyl (C=O) groups excluding carboxylic acids is 1. The molecule has 1 atom stereocenters. The number of benzene rings is 1. The average molecular weight is 299 g/mol. The van der Waals surface area contributed by atoms with Gasteiger partial charge >= 0.3 is 0 Å². The molecule has 1 saturated heterocycles. The van der Waals surface area contributed by atoms with E-state index >= 15 is 0 Å². The summed E-state index contributed by atoms with van der Waals surface area (Å²) < 4.78 is 10.7. The summed E-state index contributed by atoms with van der Waals surface area (Å²) in [6, 6.07) is 9.96. The third-order valence-corrected chi connectivity index (χ3v) is 4.33. The molecule has 116 valence electrons. The van der Waals surface area contributed by atoms with Gasteiger partial charge in [-0.25, -0.2) is 0 Å². The van der Waals surface area contributed by atoms with Crippen molar-refractivity contribution in [3.05, 3.63) is 53.0 Å². The Hall–Kier alpha value is -2.23. The van der Waals surface area contributed by atoms with E-state index in [1.54, 1.807) is 7.11 Å². The van der Waals surface area contributed by atoms with Crippen LogP contribution in [0.25, 0.3) is 0 Å². The van der Waals surface area contributed by atoms with E-state index in [9.17, 15) is 4.79 Å². The maximum atomic E-state index is 12.6. The van der Waals surface area contributed by atoms with Crippen molar-refractivity contribution in [2.24, 2.45) is 0 Å². The number of ether oxygens (including phenoxy) is 1. The van der Waals surface area contributed by atoms with Crippen molar-refractivity contribution in [1.29, 1.82) is 0 Å². The lowest BCUT2D eigenvalue weighted by molar-refractivity contribution is 0.0789. The van der Waals surface area contributed by atoms with Crippen LogP contribution in [-0.2, 0) is 0 Å². The number of methoxy groups -OCH3 is 1. The minimum Gasteiger partial charge on any atom is -0.497 e. The molecule has 1 aliphatic heterocycles. The number of amides is 1. The van der Waals surface area contributed by atoms with Crippen LogP contribution < -0.4 is 4.74 Å². The highest BCUT2D eigenvalue weighted by Gasteiger charge is 2.29. The number of rotatable bonds is 3. The molecule has 1 fully saturated rings. The Morgan fingerprint density at radius 2 is 2.00 bits per heavy atom. The number of hydrogen-bond acceptors (Lipinski definition) is 3. The van der Waals surface area contributed by atoms with E-state index in [2.05, 4.69) is 12.1 Å². The fourth-order valence-corrected chi connectivity index (χ4v) is 3.11. The number of nitrogens with zero attached hydrogens (tertiary/aromatic N) is 1. The van der Waals surface area contributed by atoms with Crippen LogP contribution in [0.4, 0.5) is 0 Å². The first-order valence-electron chi connectivity index (χ1n) is 7.58. The summed E-state index contributed by atoms with van der Waals surface area (Å²) in [5.74, 6) is 2.81. The molecular weight excluding hydrogens is 278 g/mol. The first-order chi connectivity index (χ1) is 10.6. The van der Waals surface area contributed by atoms with Crippen LogP contribution in [0.3, 0.4) is 0 Å². The quantitative estimate of drug-likeness (QED) is 0.870. The molecule has 0 spiro atoms. The van der Waals surface area contributed by atoms with Gasteiger partial charge in [0.25, 0.3) is 5.91 Å². The lowest BCUT2D eigenvalue weighted by Gasteiger charge is -2.16. The predicted octanol–water partition coefficient (Wildman–Crippen LogP) is 3.53. The Balaban J connectivity index is 1.71. The van der Waals surface area contributed by atoms with E-state index in [0.29, 0.717) is 17.2 Å². The Labute approximate surface area is 130 Å². The molecule has 1 unspecified atom stereocenters. The third-order valence-electron chi connectivity index (χ3n) is 4.33. The van der Waals surface area contributed by atoms with Crippen molar-refractivity contribution in [2.75, 3.05) is 20.2 Å². The highest BCUT2D eigenvalue weighted by Crippen LogP contribution is 2.30. The first kappa shape index (κ1) is 14.7. The highest BCUT2D eigenvalue weighted by atomic mass is 16.5. The van der Waals surface area contributed by atoms with Crippen molar-refractivity contribution in [1.82, 2.24) is 4.90 Å². The second-order valence-electron chi connectivity index (χ2n) is 5.84. The van der Waals surface area contributed by atoms with Gasteiger partial charge in [-0.3, -0.25) is 4.79 Å². The van der Waals surface area contributed by atoms with E-state index in [1.165, 1.54) is 5.56 Å². The first-order valence-corrected chi connectivity index (χ1v) is 7.58. The molecule has 3 rings (SSSR count). The Bertz CT molecular complexity index is 672. The largest absolute Gasteiger partial charge is 0.497 e. The van der Waals surface area contributed by atoms with E-state index in [0.717, 1.165) is 31.0 Å². The predicted molar refractivity (Wildman–Crippen MR) is 84.4 cm³/mol. The van der Waals surface area contributed by atoms with Gasteiger partial charge in [-0.05, 0) is 44.0 Å². The monoisotopic (exact) mass is 299 g/mol. The van der Waals surface area contributed by atoms with Crippen LogP contribution >= 0.6 is 0 Å². The van der Waals surface area contributed by atoms with Crippen LogP contribution in [0.2, 0.25) is 0 Å². The van der Waals surface area contributed by atoms with Crippen LogP contribution in [0.5, 0.6) is 5.75 Å². The molecule has 2 aromatic rings. The zero-order valence-corrected chi connectivity index (χ0v) is 13.3. The molecule has 1 aromatic heterocycles. The summed E-state index contributed by atoms with van der Waals surface area (Å²) in [7, 11) is 1.67. The summed E-state index contributed by atoms with van der Waals surface area (Å²) in [6.07, 6.45) is 0.994. The van der Waals surface area contributed by atoms with E-state index < -0.39 is 0 Å². The number of carbonyl (C=O) groups is 1. The molecule has 1 amide bonds. The van der Waals surface area contributed by atoms with Crippen molar-refractivity contribution < 1.29 is 13.9 Å². The zero-order valence-electron chi connectivity index (χ0n) is 13.3. The van der Waals surface area contributed by atoms with Crippen molar-refractivity contribution in [2.45, 2.75) is 26.2 Å². The maximum absolute atomic E-state index is 12.6. The van der Waals surface area contributed by atoms with Crippen LogP contribution in [0.15, 0.2) is 34.7 Å². The van der Waals surface area contributed by atoms with Gasteiger partial charge in [0.05, 0.1) is 12.7 Å². The lowest BCUT2D eigenvalue weighted by atomic mass is 9.98. The van der Waals surface area contributed by atoms with Gasteiger partial charge in [0.1, 0.15) is 17.3 Å². The van der Waals surface area contributed by atoms with Gasteiger partial charge in [0.15, 0.2) is 0 Å². The molecule has 4 heteroatoms. The van der Waals surface area contributed by atoms with Gasteiger partial charge in [-0.15, -0.1) is 0 Å². The summed E-state index contributed by atoms with van der Waals surface area (Å²) in [5, 5.41) is 0. The molecule has 0 radical (unpaired) electrons. The minimum absolute atomic E-state index is 0.0744. The fraction of sp³-hybridized carbons (Fsp3) is 0.389. The molecule has 1 aliphatic rings. The summed E-state index contributed by atoms with van der Waals surface area (Å²) >= 11 is 0. The van der Waals surface area contributed by atoms with Crippen LogP contribution in [0.1, 0.15) is 39.8 Å². The lowest BCUT2D eigenvalue weighted by Crippen LogP contribution is -2.28. The Morgan fingerprint density at radius 3 is 2.59 bits per heavy atom. The smallest absolute Gasteiger partial charge is 0.257 e. The number of likely N-dealkylation sites (tertiary alicyclic amines) is 1. The topological polar surface area (TPSA) is 42.7 Å². The van der Waals surface area contributed by atoms with Gasteiger partial charge in [-0.2, -0.15) is 0 Å². The molecule has 0 aliphatic carbocycles. The zero-order chi connectivity index (χ0) is 15.7. The molecular formula is C18H21NO3. The van der Waals surface area contributed by atoms with Crippen molar-refractivity contribution in [3.63, 3.8) is 0 Å². The second-order valence-corrected chi connectivity index (χ2v) is 5.84. The SMILES string of the molecule is COc1ccc(C2CCN(C(=O)c3cc(C)oc3C)C2)cc1. The Kier molecular flexibility index (Phi) is 3.92. The molecule has 2 heterocycles. The van der Waals surface area contributed by atoms with Crippen molar-refractivity contribution >= 4 is 5.91 Å². The molecule has 4 nitrogen and oxygen atoms in total. The number of furan rings is 1. The molecule has 0 saturated carbocycles. The summed E-state index contributed by atoms with van der Waals surface area (Å²) in [4.78, 5) is 14.5. The average Bonchev–Trinajstić information content (AvgIpc) is 3.13. The van der Waals surface area contributed by atoms with E-state index in [1.807, 2.05) is 36.9 Å². The standard InChI is InChI=1S/C18H21NO3/c1-12-10-17(13(2)22-12)18(20)19-9-8-15(11-19)14-4-6-16(21-3)7-5-14/h4-7,10,15H,8-9,11H2,1-3H3. The van der Waals surface area contributed by atoms with Gasteiger partial charge in [-0.1, -0.05) is 12.1 Å². The summed E-state index contributed by atoms with van der Waals surface area (Å²) in [6.45, 7) is 5.26. The third kappa shape index (κ3) is 2.73.